The van der Waals surface area contributed by atoms with E-state index in [1.54, 1.807) is 0 Å². The zero-order chi connectivity index (χ0) is 11.2. The van der Waals surface area contributed by atoms with Gasteiger partial charge in [-0.1, -0.05) is 5.57 Å². The van der Waals surface area contributed by atoms with Crippen LogP contribution in [0.15, 0.2) is 24.1 Å². The fourth-order valence-corrected chi connectivity index (χ4v) is 0.107. The summed E-state index contributed by atoms with van der Waals surface area (Å²) in [5, 5.41) is 0. The SMILES string of the molecule is C=C(C)C.FC(F)=C(F)C(F)(F)F. The second-order valence-corrected chi connectivity index (χ2v) is 2.28. The zero-order valence-electron chi connectivity index (χ0n) is 6.97. The van der Waals surface area contributed by atoms with E-state index in [1.165, 1.54) is 5.57 Å². The first-order chi connectivity index (χ1) is 5.59. The smallest absolute Gasteiger partial charge is 0.196 e. The first-order valence-electron chi connectivity index (χ1n) is 2.99. The Morgan fingerprint density at radius 2 is 1.23 bits per heavy atom. The molecule has 0 aromatic rings. The second kappa shape index (κ2) is 5.66. The van der Waals surface area contributed by atoms with Crippen LogP contribution in [0.5, 0.6) is 0 Å². The van der Waals surface area contributed by atoms with Gasteiger partial charge in [0.2, 0.25) is 0 Å². The van der Waals surface area contributed by atoms with Gasteiger partial charge in [-0.3, -0.25) is 0 Å². The van der Waals surface area contributed by atoms with Crippen molar-refractivity contribution < 1.29 is 26.3 Å². The lowest BCUT2D eigenvalue weighted by atomic mass is 10.4. The molecule has 0 fully saturated rings. The van der Waals surface area contributed by atoms with Crippen LogP contribution in [0, 0.1) is 0 Å². The van der Waals surface area contributed by atoms with E-state index in [0.717, 1.165) is 0 Å². The monoisotopic (exact) mass is 206 g/mol. The fraction of sp³-hybridized carbons (Fsp3) is 0.429. The van der Waals surface area contributed by atoms with Crippen molar-refractivity contribution in [2.45, 2.75) is 20.0 Å². The molecule has 0 aliphatic heterocycles. The van der Waals surface area contributed by atoms with Crippen LogP contribution >= 0.6 is 0 Å². The fourth-order valence-electron chi connectivity index (χ4n) is 0.107. The van der Waals surface area contributed by atoms with Gasteiger partial charge in [0.15, 0.2) is 0 Å². The van der Waals surface area contributed by atoms with Gasteiger partial charge in [-0.15, -0.1) is 6.58 Å². The standard InChI is InChI=1S/C4H8.C3F6/c1-4(2)3;4-1(2(5)6)3(7,8)9/h1H2,2-3H3;. The summed E-state index contributed by atoms with van der Waals surface area (Å²) >= 11 is 0. The van der Waals surface area contributed by atoms with Gasteiger partial charge < -0.3 is 0 Å². The molecule has 0 unspecified atom stereocenters. The highest BCUT2D eigenvalue weighted by atomic mass is 19.4. The van der Waals surface area contributed by atoms with Crippen LogP contribution in [0.1, 0.15) is 13.8 Å². The highest BCUT2D eigenvalue weighted by Crippen LogP contribution is 2.29. The van der Waals surface area contributed by atoms with Crippen LogP contribution in [0.3, 0.4) is 0 Å². The van der Waals surface area contributed by atoms with E-state index in [0.29, 0.717) is 0 Å². The van der Waals surface area contributed by atoms with E-state index in [1.807, 2.05) is 13.8 Å². The van der Waals surface area contributed by atoms with E-state index in [2.05, 4.69) is 6.58 Å². The largest absolute Gasteiger partial charge is 0.448 e. The van der Waals surface area contributed by atoms with Gasteiger partial charge in [-0.2, -0.15) is 26.3 Å². The second-order valence-electron chi connectivity index (χ2n) is 2.28. The van der Waals surface area contributed by atoms with Crippen molar-refractivity contribution in [2.24, 2.45) is 0 Å². The van der Waals surface area contributed by atoms with Crippen LogP contribution in [0.25, 0.3) is 0 Å². The van der Waals surface area contributed by atoms with Crippen LogP contribution in [-0.2, 0) is 0 Å². The lowest BCUT2D eigenvalue weighted by molar-refractivity contribution is -0.113. The maximum Gasteiger partial charge on any atom is 0.448 e. The Labute approximate surface area is 71.5 Å². The first kappa shape index (κ1) is 14.6. The third-order valence-electron chi connectivity index (χ3n) is 0.415. The van der Waals surface area contributed by atoms with Crippen LogP contribution in [0.2, 0.25) is 0 Å². The summed E-state index contributed by atoms with van der Waals surface area (Å²) in [6, 6.07) is 0. The van der Waals surface area contributed by atoms with Crippen molar-refractivity contribution in [3.05, 3.63) is 24.1 Å². The summed E-state index contributed by atoms with van der Waals surface area (Å²) in [4.78, 5) is 0. The molecule has 0 aromatic carbocycles. The molecule has 0 rings (SSSR count). The molecule has 0 spiro atoms. The number of alkyl halides is 3. The lowest BCUT2D eigenvalue weighted by Gasteiger charge is -1.98. The summed E-state index contributed by atoms with van der Waals surface area (Å²) in [5.74, 6) is -3.33. The van der Waals surface area contributed by atoms with Gasteiger partial charge in [0.05, 0.1) is 0 Å². The molecule has 0 N–H and O–H groups in total. The molecule has 0 amide bonds. The van der Waals surface area contributed by atoms with Crippen molar-refractivity contribution in [1.82, 2.24) is 0 Å². The molecule has 0 bridgehead atoms. The Balaban J connectivity index is 0. The molecule has 0 atom stereocenters. The molecular weight excluding hydrogens is 198 g/mol. The summed E-state index contributed by atoms with van der Waals surface area (Å²) in [5.41, 5.74) is 1.17. The van der Waals surface area contributed by atoms with Crippen molar-refractivity contribution in [2.75, 3.05) is 0 Å². The van der Waals surface area contributed by atoms with Crippen LogP contribution in [-0.4, -0.2) is 6.18 Å². The van der Waals surface area contributed by atoms with Gasteiger partial charge in [0.1, 0.15) is 0 Å². The van der Waals surface area contributed by atoms with E-state index in [4.69, 9.17) is 0 Å². The molecule has 0 aromatic heterocycles. The van der Waals surface area contributed by atoms with E-state index in [-0.39, 0.29) is 0 Å². The maximum absolute atomic E-state index is 11.0. The number of hydrogen-bond donors (Lipinski definition) is 0. The minimum Gasteiger partial charge on any atom is -0.196 e. The predicted octanol–water partition coefficient (Wildman–Crippen LogP) is 4.21. The average molecular weight is 206 g/mol. The zero-order valence-corrected chi connectivity index (χ0v) is 6.97. The molecule has 0 aliphatic rings. The normalized spacial score (nSPS) is 9.85. The third-order valence-corrected chi connectivity index (χ3v) is 0.415. The molecule has 0 heterocycles. The van der Waals surface area contributed by atoms with Gasteiger partial charge >= 0.3 is 12.3 Å². The first-order valence-corrected chi connectivity index (χ1v) is 2.99. The Hall–Kier alpha value is -0.940. The number of allylic oxidation sites excluding steroid dienone is 2. The molecule has 0 saturated carbocycles. The molecule has 0 nitrogen and oxygen atoms in total. The number of rotatable bonds is 0. The highest BCUT2D eigenvalue weighted by molar-refractivity contribution is 4.98. The third kappa shape index (κ3) is 11.1. The van der Waals surface area contributed by atoms with Crippen molar-refractivity contribution in [3.8, 4) is 0 Å². The Morgan fingerprint density at radius 3 is 1.23 bits per heavy atom. The number of hydrogen-bond acceptors (Lipinski definition) is 0. The Morgan fingerprint density at radius 1 is 1.00 bits per heavy atom. The molecular formula is C7H8F6. The van der Waals surface area contributed by atoms with Gasteiger partial charge in [-0.25, -0.2) is 0 Å². The quantitative estimate of drug-likeness (QED) is 0.411. The van der Waals surface area contributed by atoms with Crippen molar-refractivity contribution >= 4 is 0 Å². The average Bonchev–Trinajstić information content (AvgIpc) is 1.82. The van der Waals surface area contributed by atoms with E-state index in [9.17, 15) is 26.3 Å². The van der Waals surface area contributed by atoms with E-state index < -0.39 is 18.1 Å². The molecule has 13 heavy (non-hydrogen) atoms. The molecule has 6 heteroatoms. The lowest BCUT2D eigenvalue weighted by Crippen LogP contribution is -2.08. The highest BCUT2D eigenvalue weighted by Gasteiger charge is 2.38. The topological polar surface area (TPSA) is 0 Å². The predicted molar refractivity (Wildman–Crippen MR) is 36.9 cm³/mol. The minimum atomic E-state index is -5.56. The maximum atomic E-state index is 11.0. The summed E-state index contributed by atoms with van der Waals surface area (Å²) < 4.78 is 64.8. The minimum absolute atomic E-state index is 1.17. The van der Waals surface area contributed by atoms with Crippen molar-refractivity contribution in [1.29, 1.82) is 0 Å². The van der Waals surface area contributed by atoms with Crippen molar-refractivity contribution in [3.63, 3.8) is 0 Å². The molecule has 0 saturated heterocycles. The van der Waals surface area contributed by atoms with Crippen LogP contribution < -0.4 is 0 Å². The Bertz CT molecular complexity index is 192. The van der Waals surface area contributed by atoms with Gasteiger partial charge in [0, 0.05) is 0 Å². The Kier molecular flexibility index (Phi) is 6.35. The molecule has 0 radical (unpaired) electrons. The number of halogens is 6. The summed E-state index contributed by atoms with van der Waals surface area (Å²) in [7, 11) is 0. The summed E-state index contributed by atoms with van der Waals surface area (Å²) in [6.45, 7) is 7.50. The summed E-state index contributed by atoms with van der Waals surface area (Å²) in [6.07, 6.45) is -8.90. The van der Waals surface area contributed by atoms with E-state index >= 15 is 0 Å². The molecule has 78 valence electrons. The van der Waals surface area contributed by atoms with Gasteiger partial charge in [0.25, 0.3) is 5.83 Å². The van der Waals surface area contributed by atoms with Gasteiger partial charge in [-0.05, 0) is 13.8 Å². The molecule has 0 aliphatic carbocycles. The van der Waals surface area contributed by atoms with Crippen LogP contribution in [0.4, 0.5) is 26.3 Å².